The van der Waals surface area contributed by atoms with E-state index in [0.29, 0.717) is 60.4 Å². The lowest BCUT2D eigenvalue weighted by Gasteiger charge is -2.57. The predicted octanol–water partition coefficient (Wildman–Crippen LogP) is 5.96. The van der Waals surface area contributed by atoms with Gasteiger partial charge in [-0.15, -0.1) is 0 Å². The fourth-order valence-corrected chi connectivity index (χ4v) is 9.67. The number of phenolic OH excluding ortho intramolecular Hbond substituents is 1. The third kappa shape index (κ3) is 3.99. The Balaban J connectivity index is 1.52. The molecular formula is C38H44O9. The first-order valence-electron chi connectivity index (χ1n) is 16.6. The Labute approximate surface area is 275 Å². The zero-order chi connectivity index (χ0) is 34.0. The Kier molecular flexibility index (Phi) is 6.89. The van der Waals surface area contributed by atoms with Gasteiger partial charge in [-0.05, 0) is 86.1 Å². The van der Waals surface area contributed by atoms with Gasteiger partial charge in [0.2, 0.25) is 0 Å². The van der Waals surface area contributed by atoms with Crippen LogP contribution in [0.15, 0.2) is 47.3 Å². The topological polar surface area (TPSA) is 129 Å². The van der Waals surface area contributed by atoms with Gasteiger partial charge in [-0.25, -0.2) is 0 Å². The molecule has 1 aromatic rings. The van der Waals surface area contributed by atoms with E-state index in [9.17, 15) is 24.6 Å². The highest BCUT2D eigenvalue weighted by molar-refractivity contribution is 6.18. The third-order valence-electron chi connectivity index (χ3n) is 11.9. The van der Waals surface area contributed by atoms with E-state index in [4.69, 9.17) is 18.9 Å². The van der Waals surface area contributed by atoms with Crippen LogP contribution >= 0.6 is 0 Å². The molecule has 3 heterocycles. The van der Waals surface area contributed by atoms with Crippen LogP contribution in [0.2, 0.25) is 0 Å². The minimum Gasteiger partial charge on any atom is -0.507 e. The molecule has 2 saturated carbocycles. The summed E-state index contributed by atoms with van der Waals surface area (Å²) in [5.41, 5.74) is -1.64. The molecule has 1 aromatic carbocycles. The lowest BCUT2D eigenvalue weighted by atomic mass is 9.51. The Morgan fingerprint density at radius 1 is 1.11 bits per heavy atom. The normalized spacial score (nSPS) is 37.1. The molecule has 9 heteroatoms. The number of fused-ring (bicyclic) bond motifs is 5. The zero-order valence-electron chi connectivity index (χ0n) is 28.2. The minimum atomic E-state index is -1.58. The molecule has 250 valence electrons. The van der Waals surface area contributed by atoms with Crippen molar-refractivity contribution in [2.45, 2.75) is 115 Å². The number of rotatable bonds is 7. The molecule has 1 saturated heterocycles. The van der Waals surface area contributed by atoms with Gasteiger partial charge in [0.1, 0.15) is 40.3 Å². The number of ketones is 2. The first kappa shape index (κ1) is 31.9. The predicted molar refractivity (Wildman–Crippen MR) is 172 cm³/mol. The van der Waals surface area contributed by atoms with Crippen molar-refractivity contribution in [2.75, 3.05) is 0 Å². The fourth-order valence-electron chi connectivity index (χ4n) is 9.67. The van der Waals surface area contributed by atoms with E-state index in [0.717, 1.165) is 11.1 Å². The summed E-state index contributed by atoms with van der Waals surface area (Å²) in [6, 6.07) is 0. The van der Waals surface area contributed by atoms with Crippen LogP contribution in [0.1, 0.15) is 102 Å². The molecule has 0 aromatic heterocycles. The van der Waals surface area contributed by atoms with Crippen LogP contribution in [0, 0.1) is 17.8 Å². The van der Waals surface area contributed by atoms with Gasteiger partial charge in [0.05, 0.1) is 5.60 Å². The Morgan fingerprint density at radius 3 is 2.49 bits per heavy atom. The number of hydrogen-bond donors (Lipinski definition) is 2. The van der Waals surface area contributed by atoms with Crippen LogP contribution in [0.25, 0.3) is 0 Å². The van der Waals surface area contributed by atoms with Crippen LogP contribution in [0.3, 0.4) is 0 Å². The number of carbonyl (C=O) groups is 3. The van der Waals surface area contributed by atoms with E-state index >= 15 is 0 Å². The number of carbonyl (C=O) groups excluding carboxylic acids is 3. The number of phenols is 1. The molecule has 4 aliphatic carbocycles. The Bertz CT molecular complexity index is 1740. The number of allylic oxidation sites excluding steroid dienone is 5. The van der Waals surface area contributed by atoms with E-state index < -0.39 is 46.1 Å². The van der Waals surface area contributed by atoms with Crippen LogP contribution < -0.4 is 9.47 Å². The summed E-state index contributed by atoms with van der Waals surface area (Å²) in [7, 11) is 0. The molecule has 6 bridgehead atoms. The first-order valence-corrected chi connectivity index (χ1v) is 16.6. The Morgan fingerprint density at radius 2 is 1.83 bits per heavy atom. The molecule has 3 unspecified atom stereocenters. The molecule has 9 nitrogen and oxygen atoms in total. The molecule has 3 aliphatic heterocycles. The maximum Gasteiger partial charge on any atom is 0.298 e. The average molecular weight is 645 g/mol. The van der Waals surface area contributed by atoms with Crippen molar-refractivity contribution >= 4 is 18.0 Å². The van der Waals surface area contributed by atoms with E-state index in [-0.39, 0.29) is 41.1 Å². The molecule has 7 aliphatic rings. The van der Waals surface area contributed by atoms with Crippen LogP contribution in [0.4, 0.5) is 0 Å². The molecule has 3 fully saturated rings. The summed E-state index contributed by atoms with van der Waals surface area (Å²) >= 11 is 0. The number of aromatic hydroxyl groups is 1. The van der Waals surface area contributed by atoms with Crippen molar-refractivity contribution in [3.8, 4) is 17.2 Å². The summed E-state index contributed by atoms with van der Waals surface area (Å²) in [6.45, 7) is 17.8. The Hall–Kier alpha value is -3.69. The molecular weight excluding hydrogens is 600 g/mol. The smallest absolute Gasteiger partial charge is 0.298 e. The van der Waals surface area contributed by atoms with Gasteiger partial charge in [-0.1, -0.05) is 29.9 Å². The lowest BCUT2D eigenvalue weighted by Crippen LogP contribution is -2.72. The van der Waals surface area contributed by atoms with Gasteiger partial charge in [-0.3, -0.25) is 14.4 Å². The molecule has 1 spiro atoms. The number of aliphatic hydroxyl groups excluding tert-OH is 1. The van der Waals surface area contributed by atoms with Crippen LogP contribution in [0.5, 0.6) is 17.2 Å². The fraction of sp³-hybridized carbons (Fsp3) is 0.553. The number of aliphatic hydroxyl groups is 1. The van der Waals surface area contributed by atoms with E-state index in [1.807, 2.05) is 47.6 Å². The highest BCUT2D eigenvalue weighted by Gasteiger charge is 2.81. The van der Waals surface area contributed by atoms with Crippen molar-refractivity contribution in [3.05, 3.63) is 64.0 Å². The molecule has 47 heavy (non-hydrogen) atoms. The standard InChI is InChI=1S/C38H44O9/c1-18(2)9-10-23-31-27(26-22(19(3)4)12-13-36(8,45-31)34(26)43)30(41)28-29(40)24-15-21-16-25-35(6,7)47-37(33(21)42,14-11-20(5)44-17-39)38(24,25)46-32(23)28/h9,11,15,17,21-22,25-26,34,41,43H,3,10,12-14,16H2,1-2,4-8H3/t21-,22?,25?,26-,34+,36-,37?,38-/m1/s1. The monoisotopic (exact) mass is 644 g/mol. The van der Waals surface area contributed by atoms with Gasteiger partial charge >= 0.3 is 0 Å². The number of Topliss-reactive ketones (excluding diaryl/α,β-unsaturated/α-hetero) is 2. The van der Waals surface area contributed by atoms with Crippen molar-refractivity contribution < 1.29 is 43.5 Å². The summed E-state index contributed by atoms with van der Waals surface area (Å²) in [5.74, 6) is -1.62. The van der Waals surface area contributed by atoms with E-state index in [1.165, 1.54) is 0 Å². The number of benzene rings is 1. The van der Waals surface area contributed by atoms with Gasteiger partial charge in [0.25, 0.3) is 6.47 Å². The van der Waals surface area contributed by atoms with Crippen molar-refractivity contribution in [3.63, 3.8) is 0 Å². The lowest BCUT2D eigenvalue weighted by molar-refractivity contribution is -0.171. The molecule has 8 rings (SSSR count). The minimum absolute atomic E-state index is 0.0191. The summed E-state index contributed by atoms with van der Waals surface area (Å²) in [4.78, 5) is 40.5. The van der Waals surface area contributed by atoms with Crippen LogP contribution in [-0.2, 0) is 25.5 Å². The largest absolute Gasteiger partial charge is 0.507 e. The molecule has 8 atom stereocenters. The zero-order valence-corrected chi connectivity index (χ0v) is 28.2. The maximum atomic E-state index is 15.0. The second kappa shape index (κ2) is 10.2. The van der Waals surface area contributed by atoms with Gasteiger partial charge in [0.15, 0.2) is 22.8 Å². The number of hydrogen-bond acceptors (Lipinski definition) is 9. The van der Waals surface area contributed by atoms with Gasteiger partial charge < -0.3 is 29.2 Å². The second-order valence-corrected chi connectivity index (χ2v) is 15.4. The SMILES string of the molecule is C=C(C)C1CC[C@@]2(C)Oc3c(CC=C(C)C)c4c(c(O)c3[C@@H]1[C@@H]2O)C(=O)C1=C[C@@H]2CC3C(C)(C)OC(CC=C(C)OC=O)(C2=O)[C@@]13O4. The average Bonchev–Trinajstić information content (AvgIpc) is 3.14. The number of ether oxygens (including phenoxy) is 4. The quantitative estimate of drug-likeness (QED) is 0.210. The van der Waals surface area contributed by atoms with Gasteiger partial charge in [0, 0.05) is 40.9 Å². The third-order valence-corrected chi connectivity index (χ3v) is 11.9. The molecule has 2 N–H and O–H groups in total. The van der Waals surface area contributed by atoms with Crippen molar-refractivity contribution in [1.82, 2.24) is 0 Å². The van der Waals surface area contributed by atoms with Crippen molar-refractivity contribution in [1.29, 1.82) is 0 Å². The first-order chi connectivity index (χ1) is 22.0. The van der Waals surface area contributed by atoms with Crippen LogP contribution in [-0.4, -0.2) is 56.8 Å². The summed E-state index contributed by atoms with van der Waals surface area (Å²) in [6.07, 6.45) is 6.51. The van der Waals surface area contributed by atoms with Crippen molar-refractivity contribution in [2.24, 2.45) is 17.8 Å². The summed E-state index contributed by atoms with van der Waals surface area (Å²) in [5, 5.41) is 23.9. The van der Waals surface area contributed by atoms with Gasteiger partial charge in [-0.2, -0.15) is 0 Å². The van der Waals surface area contributed by atoms with E-state index in [2.05, 4.69) is 6.58 Å². The molecule has 0 radical (unpaired) electrons. The molecule has 0 amide bonds. The highest BCUT2D eigenvalue weighted by Crippen LogP contribution is 2.69. The second-order valence-electron chi connectivity index (χ2n) is 15.4. The summed E-state index contributed by atoms with van der Waals surface area (Å²) < 4.78 is 25.8. The highest BCUT2D eigenvalue weighted by atomic mass is 16.6. The maximum absolute atomic E-state index is 15.0. The van der Waals surface area contributed by atoms with E-state index in [1.54, 1.807) is 19.1 Å².